The Labute approximate surface area is 164 Å². The highest BCUT2D eigenvalue weighted by atomic mass is 79.9. The SMILES string of the molecule is CN(CC(=O)Nc1ccc(C#N)c(Cl)c1)CC(=O)Nc1ccccc1Br. The molecule has 2 amide bonds. The Hall–Kier alpha value is -2.40. The summed E-state index contributed by atoms with van der Waals surface area (Å²) in [4.78, 5) is 25.7. The molecular formula is C18H16BrClN4O2. The minimum atomic E-state index is -0.290. The maximum atomic E-state index is 12.1. The summed E-state index contributed by atoms with van der Waals surface area (Å²) in [5.74, 6) is -0.518. The van der Waals surface area contributed by atoms with Crippen molar-refractivity contribution in [3.8, 4) is 6.07 Å². The van der Waals surface area contributed by atoms with Crippen molar-refractivity contribution < 1.29 is 9.59 Å². The number of anilines is 2. The topological polar surface area (TPSA) is 85.2 Å². The van der Waals surface area contributed by atoms with Gasteiger partial charge in [-0.15, -0.1) is 0 Å². The Morgan fingerprint density at radius 2 is 1.81 bits per heavy atom. The smallest absolute Gasteiger partial charge is 0.238 e. The molecule has 0 aliphatic carbocycles. The van der Waals surface area contributed by atoms with E-state index in [1.165, 1.54) is 12.1 Å². The normalized spacial score (nSPS) is 10.3. The van der Waals surface area contributed by atoms with Gasteiger partial charge in [-0.3, -0.25) is 14.5 Å². The number of hydrogen-bond donors (Lipinski definition) is 2. The average Bonchev–Trinajstić information content (AvgIpc) is 2.56. The van der Waals surface area contributed by atoms with Crippen LogP contribution in [0.3, 0.4) is 0 Å². The van der Waals surface area contributed by atoms with Gasteiger partial charge in [0.15, 0.2) is 0 Å². The van der Waals surface area contributed by atoms with E-state index in [4.69, 9.17) is 16.9 Å². The summed E-state index contributed by atoms with van der Waals surface area (Å²) in [6.45, 7) is 0.0872. The van der Waals surface area contributed by atoms with Crippen LogP contribution in [0.4, 0.5) is 11.4 Å². The van der Waals surface area contributed by atoms with Crippen molar-refractivity contribution in [3.63, 3.8) is 0 Å². The molecule has 0 spiro atoms. The summed E-state index contributed by atoms with van der Waals surface area (Å²) < 4.78 is 0.784. The van der Waals surface area contributed by atoms with Gasteiger partial charge in [-0.25, -0.2) is 0 Å². The molecular weight excluding hydrogens is 420 g/mol. The van der Waals surface area contributed by atoms with E-state index in [9.17, 15) is 9.59 Å². The van der Waals surface area contributed by atoms with Crippen LogP contribution < -0.4 is 10.6 Å². The van der Waals surface area contributed by atoms with Crippen molar-refractivity contribution >= 4 is 50.7 Å². The third-order valence-corrected chi connectivity index (χ3v) is 4.35. The number of likely N-dealkylation sites (N-methyl/N-ethyl adjacent to an activating group) is 1. The molecule has 0 saturated heterocycles. The molecule has 0 unspecified atom stereocenters. The summed E-state index contributed by atoms with van der Waals surface area (Å²) in [7, 11) is 1.67. The van der Waals surface area contributed by atoms with Gasteiger partial charge in [-0.2, -0.15) is 5.26 Å². The highest BCUT2D eigenvalue weighted by Crippen LogP contribution is 2.21. The molecule has 0 radical (unpaired) electrons. The van der Waals surface area contributed by atoms with Crippen LogP contribution in [0.1, 0.15) is 5.56 Å². The van der Waals surface area contributed by atoms with Crippen LogP contribution in [-0.4, -0.2) is 36.9 Å². The van der Waals surface area contributed by atoms with Gasteiger partial charge in [0.05, 0.1) is 29.4 Å². The van der Waals surface area contributed by atoms with Crippen molar-refractivity contribution in [1.29, 1.82) is 5.26 Å². The number of nitrogens with zero attached hydrogens (tertiary/aromatic N) is 2. The van der Waals surface area contributed by atoms with Crippen LogP contribution in [0.15, 0.2) is 46.9 Å². The molecule has 0 aliphatic rings. The number of halogens is 2. The second-order valence-electron chi connectivity index (χ2n) is 5.55. The van der Waals surface area contributed by atoms with E-state index in [2.05, 4.69) is 26.6 Å². The van der Waals surface area contributed by atoms with E-state index >= 15 is 0 Å². The first-order chi connectivity index (χ1) is 12.4. The molecule has 6 nitrogen and oxygen atoms in total. The molecule has 2 N–H and O–H groups in total. The zero-order chi connectivity index (χ0) is 19.1. The summed E-state index contributed by atoms with van der Waals surface area (Å²) in [6.07, 6.45) is 0. The van der Waals surface area contributed by atoms with Gasteiger partial charge in [-0.05, 0) is 53.3 Å². The average molecular weight is 436 g/mol. The van der Waals surface area contributed by atoms with E-state index in [-0.39, 0.29) is 29.9 Å². The van der Waals surface area contributed by atoms with E-state index in [1.54, 1.807) is 24.1 Å². The zero-order valence-corrected chi connectivity index (χ0v) is 16.3. The van der Waals surface area contributed by atoms with Gasteiger partial charge in [0.2, 0.25) is 11.8 Å². The molecule has 0 aliphatic heterocycles. The van der Waals surface area contributed by atoms with E-state index in [1.807, 2.05) is 24.3 Å². The van der Waals surface area contributed by atoms with Crippen LogP contribution in [0, 0.1) is 11.3 Å². The Kier molecular flexibility index (Phi) is 7.16. The number of carbonyl (C=O) groups excluding carboxylic acids is 2. The van der Waals surface area contributed by atoms with Crippen molar-refractivity contribution in [2.75, 3.05) is 30.8 Å². The molecule has 2 aromatic rings. The molecule has 0 saturated carbocycles. The van der Waals surface area contributed by atoms with Crippen molar-refractivity contribution in [2.45, 2.75) is 0 Å². The maximum absolute atomic E-state index is 12.1. The third kappa shape index (κ3) is 5.85. The molecule has 134 valence electrons. The lowest BCUT2D eigenvalue weighted by molar-refractivity contribution is -0.119. The first-order valence-corrected chi connectivity index (χ1v) is 8.78. The molecule has 0 heterocycles. The van der Waals surface area contributed by atoms with Crippen LogP contribution in [-0.2, 0) is 9.59 Å². The van der Waals surface area contributed by atoms with Crippen molar-refractivity contribution in [1.82, 2.24) is 4.90 Å². The van der Waals surface area contributed by atoms with Gasteiger partial charge in [-0.1, -0.05) is 23.7 Å². The maximum Gasteiger partial charge on any atom is 0.238 e. The number of nitrogens with one attached hydrogen (secondary N) is 2. The number of nitriles is 1. The van der Waals surface area contributed by atoms with Gasteiger partial charge >= 0.3 is 0 Å². The molecule has 26 heavy (non-hydrogen) atoms. The van der Waals surface area contributed by atoms with Crippen LogP contribution in [0.25, 0.3) is 0 Å². The Bertz CT molecular complexity index is 867. The number of rotatable bonds is 6. The van der Waals surface area contributed by atoms with Crippen molar-refractivity contribution in [2.24, 2.45) is 0 Å². The Morgan fingerprint density at radius 1 is 1.15 bits per heavy atom. The second kappa shape index (κ2) is 9.34. The monoisotopic (exact) mass is 434 g/mol. The Balaban J connectivity index is 1.85. The number of hydrogen-bond acceptors (Lipinski definition) is 4. The van der Waals surface area contributed by atoms with Crippen LogP contribution in [0.5, 0.6) is 0 Å². The van der Waals surface area contributed by atoms with Gasteiger partial charge in [0.25, 0.3) is 0 Å². The fraction of sp³-hybridized carbons (Fsp3) is 0.167. The summed E-state index contributed by atoms with van der Waals surface area (Å²) in [5.41, 5.74) is 1.50. The van der Waals surface area contributed by atoms with Gasteiger partial charge in [0, 0.05) is 10.2 Å². The molecule has 8 heteroatoms. The van der Waals surface area contributed by atoms with Crippen LogP contribution in [0.2, 0.25) is 5.02 Å². The number of carbonyl (C=O) groups is 2. The minimum absolute atomic E-state index is 0.0288. The standard InChI is InChI=1S/C18H16BrClN4O2/c1-24(11-18(26)23-16-5-3-2-4-14(16)19)10-17(25)22-13-7-6-12(9-21)15(20)8-13/h2-8H,10-11H2,1H3,(H,22,25)(H,23,26). The summed E-state index contributed by atoms with van der Waals surface area (Å²) >= 11 is 9.30. The first-order valence-electron chi connectivity index (χ1n) is 7.61. The quantitative estimate of drug-likeness (QED) is 0.727. The van der Waals surface area contributed by atoms with E-state index < -0.39 is 0 Å². The molecule has 0 atom stereocenters. The molecule has 0 bridgehead atoms. The highest BCUT2D eigenvalue weighted by molar-refractivity contribution is 9.10. The van der Waals surface area contributed by atoms with E-state index in [0.717, 1.165) is 4.47 Å². The lowest BCUT2D eigenvalue weighted by Crippen LogP contribution is -2.36. The van der Waals surface area contributed by atoms with Crippen molar-refractivity contribution in [3.05, 3.63) is 57.5 Å². The predicted molar refractivity (Wildman–Crippen MR) is 105 cm³/mol. The lowest BCUT2D eigenvalue weighted by Gasteiger charge is -2.16. The number of benzene rings is 2. The second-order valence-corrected chi connectivity index (χ2v) is 6.82. The minimum Gasteiger partial charge on any atom is -0.325 e. The number of amides is 2. The number of para-hydroxylation sites is 1. The third-order valence-electron chi connectivity index (χ3n) is 3.35. The zero-order valence-electron chi connectivity index (χ0n) is 13.9. The van der Waals surface area contributed by atoms with Gasteiger partial charge in [0.1, 0.15) is 6.07 Å². The predicted octanol–water partition coefficient (Wildman–Crippen LogP) is 3.48. The fourth-order valence-corrected chi connectivity index (χ4v) is 2.79. The van der Waals surface area contributed by atoms with Crippen LogP contribution >= 0.6 is 27.5 Å². The fourth-order valence-electron chi connectivity index (χ4n) is 2.18. The summed E-state index contributed by atoms with van der Waals surface area (Å²) in [5, 5.41) is 14.6. The van der Waals surface area contributed by atoms with Gasteiger partial charge < -0.3 is 10.6 Å². The highest BCUT2D eigenvalue weighted by Gasteiger charge is 2.12. The molecule has 2 rings (SSSR count). The largest absolute Gasteiger partial charge is 0.325 e. The lowest BCUT2D eigenvalue weighted by atomic mass is 10.2. The molecule has 0 aromatic heterocycles. The molecule has 2 aromatic carbocycles. The first kappa shape index (κ1) is 19.9. The Morgan fingerprint density at radius 3 is 2.42 bits per heavy atom. The molecule has 0 fully saturated rings. The van der Waals surface area contributed by atoms with E-state index in [0.29, 0.717) is 16.9 Å². The summed E-state index contributed by atoms with van der Waals surface area (Å²) in [6, 6.07) is 13.9.